The first-order chi connectivity index (χ1) is 7.95. The fourth-order valence-corrected chi connectivity index (χ4v) is 1.09. The summed E-state index contributed by atoms with van der Waals surface area (Å²) in [5.74, 6) is -4.38. The molecule has 17 heavy (non-hydrogen) atoms. The van der Waals surface area contributed by atoms with Crippen molar-refractivity contribution in [3.05, 3.63) is 41.4 Å². The number of benzene rings is 1. The van der Waals surface area contributed by atoms with Gasteiger partial charge in [-0.3, -0.25) is 4.79 Å². The number of aliphatic hydroxyl groups is 1. The molecule has 6 heteroatoms. The first kappa shape index (κ1) is 12.7. The van der Waals surface area contributed by atoms with Crippen molar-refractivity contribution in [1.29, 1.82) is 0 Å². The van der Waals surface area contributed by atoms with Gasteiger partial charge in [0, 0.05) is 12.1 Å². The lowest BCUT2D eigenvalue weighted by molar-refractivity contribution is -0.135. The van der Waals surface area contributed by atoms with E-state index in [9.17, 15) is 14.0 Å². The van der Waals surface area contributed by atoms with Gasteiger partial charge in [0.1, 0.15) is 11.6 Å². The molecule has 90 valence electrons. The van der Waals surface area contributed by atoms with Gasteiger partial charge in [0.05, 0.1) is 12.7 Å². The van der Waals surface area contributed by atoms with Crippen LogP contribution in [0.4, 0.5) is 4.39 Å². The van der Waals surface area contributed by atoms with Crippen molar-refractivity contribution >= 4 is 11.8 Å². The van der Waals surface area contributed by atoms with Crippen LogP contribution in [0.15, 0.2) is 30.0 Å². The molecule has 0 aliphatic rings. The zero-order valence-corrected chi connectivity index (χ0v) is 8.81. The van der Waals surface area contributed by atoms with E-state index in [0.29, 0.717) is 6.08 Å². The number of rotatable bonds is 4. The Labute approximate surface area is 95.8 Å². The van der Waals surface area contributed by atoms with Gasteiger partial charge >= 0.3 is 5.97 Å². The van der Waals surface area contributed by atoms with E-state index in [2.05, 4.69) is 0 Å². The first-order valence-corrected chi connectivity index (χ1v) is 4.47. The second-order valence-corrected chi connectivity index (χ2v) is 3.04. The number of carbonyl (C=O) groups excluding carboxylic acids is 1. The predicted octanol–water partition coefficient (Wildman–Crippen LogP) is 1.54. The van der Waals surface area contributed by atoms with Crippen LogP contribution in [0.3, 0.4) is 0 Å². The van der Waals surface area contributed by atoms with Crippen LogP contribution in [0.2, 0.25) is 0 Å². The lowest BCUT2D eigenvalue weighted by Gasteiger charge is -2.02. The van der Waals surface area contributed by atoms with E-state index < -0.39 is 23.3 Å². The van der Waals surface area contributed by atoms with Gasteiger partial charge in [-0.2, -0.15) is 0 Å². The fraction of sp³-hybridized carbons (Fsp3) is 0.0909. The van der Waals surface area contributed by atoms with Crippen LogP contribution in [0.25, 0.3) is 0 Å². The molecule has 5 nitrogen and oxygen atoms in total. The molecule has 1 rings (SSSR count). The summed E-state index contributed by atoms with van der Waals surface area (Å²) in [5.41, 5.74) is -0.349. The summed E-state index contributed by atoms with van der Waals surface area (Å²) in [7, 11) is 1.34. The van der Waals surface area contributed by atoms with E-state index >= 15 is 0 Å². The zero-order chi connectivity index (χ0) is 13.0. The molecule has 0 amide bonds. The average molecular weight is 240 g/mol. The minimum atomic E-state index is -1.66. The summed E-state index contributed by atoms with van der Waals surface area (Å²) in [5, 5.41) is 17.2. The Balaban J connectivity index is 3.05. The summed E-state index contributed by atoms with van der Waals surface area (Å²) in [6, 6.07) is 3.48. The van der Waals surface area contributed by atoms with Crippen LogP contribution in [-0.4, -0.2) is 29.1 Å². The van der Waals surface area contributed by atoms with Crippen molar-refractivity contribution in [2.24, 2.45) is 0 Å². The molecule has 0 heterocycles. The topological polar surface area (TPSA) is 83.8 Å². The lowest BCUT2D eigenvalue weighted by atomic mass is 10.1. The molecule has 0 spiro atoms. The smallest absolute Gasteiger partial charge is 0.371 e. The molecule has 0 radical (unpaired) electrons. The largest absolute Gasteiger partial charge is 0.502 e. The van der Waals surface area contributed by atoms with Crippen molar-refractivity contribution in [3.8, 4) is 5.75 Å². The van der Waals surface area contributed by atoms with Crippen LogP contribution in [-0.2, 0) is 4.79 Å². The molecule has 0 saturated heterocycles. The Hall–Kier alpha value is -2.37. The van der Waals surface area contributed by atoms with Crippen LogP contribution >= 0.6 is 0 Å². The number of carboxylic acid groups (broad SMARTS) is 1. The number of hydrogen-bond acceptors (Lipinski definition) is 4. The quantitative estimate of drug-likeness (QED) is 0.474. The van der Waals surface area contributed by atoms with Crippen LogP contribution < -0.4 is 4.74 Å². The molecule has 0 aromatic heterocycles. The third kappa shape index (κ3) is 3.04. The summed E-state index contributed by atoms with van der Waals surface area (Å²) < 4.78 is 18.1. The summed E-state index contributed by atoms with van der Waals surface area (Å²) in [6.45, 7) is 0. The molecular formula is C11H9FO5. The first-order valence-electron chi connectivity index (χ1n) is 4.47. The third-order valence-electron chi connectivity index (χ3n) is 1.93. The highest BCUT2D eigenvalue weighted by Crippen LogP contribution is 2.17. The Kier molecular flexibility index (Phi) is 3.82. The Morgan fingerprint density at radius 3 is 2.47 bits per heavy atom. The molecule has 0 bridgehead atoms. The van der Waals surface area contributed by atoms with Crippen molar-refractivity contribution in [3.63, 3.8) is 0 Å². The number of aliphatic carboxylic acids is 1. The van der Waals surface area contributed by atoms with E-state index in [-0.39, 0.29) is 11.3 Å². The molecular weight excluding hydrogens is 231 g/mol. The maximum Gasteiger partial charge on any atom is 0.371 e. The van der Waals surface area contributed by atoms with E-state index in [4.69, 9.17) is 14.9 Å². The minimum Gasteiger partial charge on any atom is -0.502 e. The Morgan fingerprint density at radius 1 is 1.35 bits per heavy atom. The molecule has 0 fully saturated rings. The van der Waals surface area contributed by atoms with Crippen molar-refractivity contribution in [2.45, 2.75) is 0 Å². The number of carboxylic acids is 1. The predicted molar refractivity (Wildman–Crippen MR) is 55.6 cm³/mol. The molecule has 2 N–H and O–H groups in total. The van der Waals surface area contributed by atoms with Gasteiger partial charge in [0.15, 0.2) is 5.78 Å². The number of methoxy groups -OCH3 is 1. The van der Waals surface area contributed by atoms with Crippen LogP contribution in [0, 0.1) is 5.82 Å². The number of halogens is 1. The van der Waals surface area contributed by atoms with Crippen molar-refractivity contribution in [2.75, 3.05) is 7.11 Å². The van der Waals surface area contributed by atoms with Gasteiger partial charge in [-0.25, -0.2) is 9.18 Å². The van der Waals surface area contributed by atoms with Gasteiger partial charge in [0.2, 0.25) is 5.76 Å². The van der Waals surface area contributed by atoms with E-state index in [1.807, 2.05) is 0 Å². The zero-order valence-electron chi connectivity index (χ0n) is 8.81. The second kappa shape index (κ2) is 5.11. The molecule has 0 aliphatic carbocycles. The molecule has 1 aromatic carbocycles. The van der Waals surface area contributed by atoms with E-state index in [1.54, 1.807) is 0 Å². The molecule has 0 unspecified atom stereocenters. The average Bonchev–Trinajstić information content (AvgIpc) is 2.28. The number of hydrogen-bond donors (Lipinski definition) is 2. The molecule has 0 aliphatic heterocycles. The fourth-order valence-electron chi connectivity index (χ4n) is 1.09. The van der Waals surface area contributed by atoms with Gasteiger partial charge in [0.25, 0.3) is 0 Å². The normalized spacial score (nSPS) is 11.1. The van der Waals surface area contributed by atoms with Gasteiger partial charge < -0.3 is 14.9 Å². The van der Waals surface area contributed by atoms with E-state index in [0.717, 1.165) is 12.1 Å². The second-order valence-electron chi connectivity index (χ2n) is 3.04. The number of allylic oxidation sites excluding steroid dienone is 1. The Bertz CT molecular complexity index is 493. The monoisotopic (exact) mass is 240 g/mol. The SMILES string of the molecule is COc1ccc(C(=O)/C=C(/O)C(=O)O)c(F)c1. The summed E-state index contributed by atoms with van der Waals surface area (Å²) in [6.07, 6.45) is 0.438. The highest BCUT2D eigenvalue weighted by Gasteiger charge is 2.13. The molecule has 0 saturated carbocycles. The highest BCUT2D eigenvalue weighted by atomic mass is 19.1. The maximum absolute atomic E-state index is 13.4. The molecule has 1 aromatic rings. The minimum absolute atomic E-state index is 0.227. The van der Waals surface area contributed by atoms with Crippen molar-refractivity contribution < 1.29 is 28.9 Å². The summed E-state index contributed by atoms with van der Waals surface area (Å²) >= 11 is 0. The van der Waals surface area contributed by atoms with Gasteiger partial charge in [-0.05, 0) is 12.1 Å². The maximum atomic E-state index is 13.4. The Morgan fingerprint density at radius 2 is 2.00 bits per heavy atom. The van der Waals surface area contributed by atoms with E-state index in [1.165, 1.54) is 13.2 Å². The van der Waals surface area contributed by atoms with Crippen LogP contribution in [0.5, 0.6) is 5.75 Å². The highest BCUT2D eigenvalue weighted by molar-refractivity contribution is 6.07. The van der Waals surface area contributed by atoms with Crippen molar-refractivity contribution in [1.82, 2.24) is 0 Å². The summed E-state index contributed by atoms with van der Waals surface area (Å²) in [4.78, 5) is 21.7. The number of carbonyl (C=O) groups is 2. The standard InChI is InChI=1S/C11H9FO5/c1-17-6-2-3-7(8(12)4-6)9(13)5-10(14)11(15)16/h2-5,14H,1H3,(H,15,16)/b10-5+. The van der Waals surface area contributed by atoms with Gasteiger partial charge in [-0.15, -0.1) is 0 Å². The lowest BCUT2D eigenvalue weighted by Crippen LogP contribution is -2.05. The number of ketones is 1. The number of ether oxygens (including phenoxy) is 1. The molecule has 0 atom stereocenters. The van der Waals surface area contributed by atoms with Crippen LogP contribution in [0.1, 0.15) is 10.4 Å². The van der Waals surface area contributed by atoms with Gasteiger partial charge in [-0.1, -0.05) is 0 Å². The number of aliphatic hydroxyl groups excluding tert-OH is 1. The third-order valence-corrected chi connectivity index (χ3v) is 1.93.